The summed E-state index contributed by atoms with van der Waals surface area (Å²) in [6.07, 6.45) is -0.112. The number of rotatable bonds is 5. The minimum absolute atomic E-state index is 0.112. The minimum Gasteiger partial charge on any atom is -0.298 e. The molecule has 0 spiro atoms. The van der Waals surface area contributed by atoms with Crippen LogP contribution in [0.3, 0.4) is 0 Å². The fraction of sp³-hybridized carbons (Fsp3) is 0.250. The zero-order valence-electron chi connectivity index (χ0n) is 14.7. The number of hydrazone groups is 1. The molecule has 1 aliphatic rings. The summed E-state index contributed by atoms with van der Waals surface area (Å²) < 4.78 is 27.8. The van der Waals surface area contributed by atoms with E-state index in [0.29, 0.717) is 17.0 Å². The Balaban J connectivity index is 1.80. The molecule has 140 valence electrons. The van der Waals surface area contributed by atoms with Crippen LogP contribution >= 0.6 is 15.9 Å². The molecule has 1 atom stereocenters. The molecule has 0 saturated carbocycles. The van der Waals surface area contributed by atoms with Crippen molar-refractivity contribution in [2.45, 2.75) is 26.2 Å². The molecule has 0 aromatic heterocycles. The quantitative estimate of drug-likeness (QED) is 0.639. The van der Waals surface area contributed by atoms with Gasteiger partial charge in [0.15, 0.2) is 5.78 Å². The van der Waals surface area contributed by atoms with Crippen LogP contribution in [-0.2, 0) is 21.9 Å². The van der Waals surface area contributed by atoms with E-state index >= 15 is 0 Å². The number of halogens is 3. The van der Waals surface area contributed by atoms with Crippen LogP contribution in [0.4, 0.5) is 14.5 Å². The fourth-order valence-corrected chi connectivity index (χ4v) is 3.37. The van der Waals surface area contributed by atoms with Gasteiger partial charge in [0.05, 0.1) is 11.4 Å². The van der Waals surface area contributed by atoms with Gasteiger partial charge in [-0.15, -0.1) is 0 Å². The molecular formula is C20H17BrF2N2O2. The molecule has 3 rings (SSSR count). The molecule has 0 bridgehead atoms. The van der Waals surface area contributed by atoms with Gasteiger partial charge in [-0.05, 0) is 36.8 Å². The third-order valence-electron chi connectivity index (χ3n) is 4.32. The molecule has 0 radical (unpaired) electrons. The highest BCUT2D eigenvalue weighted by Crippen LogP contribution is 2.29. The van der Waals surface area contributed by atoms with Crippen LogP contribution in [0.2, 0.25) is 0 Å². The predicted molar refractivity (Wildman–Crippen MR) is 103 cm³/mol. The molecule has 1 aliphatic heterocycles. The van der Waals surface area contributed by atoms with Crippen molar-refractivity contribution in [2.75, 3.05) is 5.01 Å². The first-order chi connectivity index (χ1) is 12.7. The van der Waals surface area contributed by atoms with Crippen molar-refractivity contribution in [3.05, 3.63) is 64.1 Å². The number of benzene rings is 2. The Morgan fingerprint density at radius 2 is 1.93 bits per heavy atom. The Hall–Kier alpha value is -2.41. The van der Waals surface area contributed by atoms with Crippen LogP contribution in [-0.4, -0.2) is 17.4 Å². The summed E-state index contributed by atoms with van der Waals surface area (Å²) in [5.41, 5.74) is 1.23. The Labute approximate surface area is 164 Å². The van der Waals surface area contributed by atoms with E-state index in [1.54, 1.807) is 31.2 Å². The van der Waals surface area contributed by atoms with E-state index in [1.165, 1.54) is 23.2 Å². The third-order valence-corrected chi connectivity index (χ3v) is 4.81. The van der Waals surface area contributed by atoms with E-state index < -0.39 is 17.7 Å². The molecule has 4 nitrogen and oxygen atoms in total. The zero-order chi connectivity index (χ0) is 19.8. The average Bonchev–Trinajstić information content (AvgIpc) is 2.89. The molecule has 27 heavy (non-hydrogen) atoms. The molecule has 7 heteroatoms. The highest BCUT2D eigenvalue weighted by atomic mass is 79.9. The molecular weight excluding hydrogens is 418 g/mol. The molecule has 1 heterocycles. The van der Waals surface area contributed by atoms with Crippen LogP contribution in [0.5, 0.6) is 0 Å². The van der Waals surface area contributed by atoms with Gasteiger partial charge in [-0.3, -0.25) is 9.59 Å². The maximum Gasteiger partial charge on any atom is 0.270 e. The first-order valence-electron chi connectivity index (χ1n) is 8.31. The maximum atomic E-state index is 13.5. The molecule has 0 saturated heterocycles. The third kappa shape index (κ3) is 4.13. The number of ketones is 1. The summed E-state index contributed by atoms with van der Waals surface area (Å²) in [4.78, 5) is 25.5. The number of nitrogens with zero attached hydrogens (tertiary/aromatic N) is 2. The summed E-state index contributed by atoms with van der Waals surface area (Å²) in [5.74, 6) is -4.80. The normalized spacial score (nSPS) is 17.2. The van der Waals surface area contributed by atoms with Gasteiger partial charge in [-0.25, -0.2) is 8.78 Å². The van der Waals surface area contributed by atoms with Gasteiger partial charge in [0.25, 0.3) is 11.8 Å². The van der Waals surface area contributed by atoms with Gasteiger partial charge in [0, 0.05) is 23.4 Å². The number of carbonyl (C=O) groups excluding carboxylic acids is 2. The van der Waals surface area contributed by atoms with E-state index in [-0.39, 0.29) is 17.8 Å². The Morgan fingerprint density at radius 3 is 2.59 bits per heavy atom. The fourth-order valence-electron chi connectivity index (χ4n) is 2.99. The molecule has 2 aromatic rings. The van der Waals surface area contributed by atoms with E-state index in [2.05, 4.69) is 21.0 Å². The lowest BCUT2D eigenvalue weighted by molar-refractivity contribution is -0.128. The van der Waals surface area contributed by atoms with Gasteiger partial charge in [0.1, 0.15) is 5.92 Å². The minimum atomic E-state index is -2.99. The van der Waals surface area contributed by atoms with Crippen LogP contribution in [0.25, 0.3) is 0 Å². The Bertz CT molecular complexity index is 938. The number of amides is 1. The summed E-state index contributed by atoms with van der Waals surface area (Å²) in [7, 11) is 0. The largest absolute Gasteiger partial charge is 0.298 e. The van der Waals surface area contributed by atoms with Crippen molar-refractivity contribution >= 4 is 39.0 Å². The summed E-state index contributed by atoms with van der Waals surface area (Å²) in [5, 5.41) is 5.43. The lowest BCUT2D eigenvalue weighted by atomic mass is 9.93. The smallest absolute Gasteiger partial charge is 0.270 e. The first kappa shape index (κ1) is 19.4. The number of hydrogen-bond donors (Lipinski definition) is 0. The number of Topliss-reactive ketones (excluding diaryl/α,β-unsaturated/α-hetero) is 1. The van der Waals surface area contributed by atoms with Crippen LogP contribution < -0.4 is 5.01 Å². The van der Waals surface area contributed by atoms with Crippen LogP contribution in [0, 0.1) is 5.92 Å². The van der Waals surface area contributed by atoms with Crippen LogP contribution in [0.15, 0.2) is 58.1 Å². The van der Waals surface area contributed by atoms with Crippen molar-refractivity contribution in [2.24, 2.45) is 11.0 Å². The maximum absolute atomic E-state index is 13.5. The molecule has 2 aromatic carbocycles. The topological polar surface area (TPSA) is 49.7 Å². The zero-order valence-corrected chi connectivity index (χ0v) is 16.3. The highest BCUT2D eigenvalue weighted by molar-refractivity contribution is 9.10. The van der Waals surface area contributed by atoms with Crippen molar-refractivity contribution in [3.8, 4) is 0 Å². The lowest BCUT2D eigenvalue weighted by Gasteiger charge is -2.15. The summed E-state index contributed by atoms with van der Waals surface area (Å²) in [6.45, 7) is 2.43. The van der Waals surface area contributed by atoms with Crippen LogP contribution in [0.1, 0.15) is 25.0 Å². The van der Waals surface area contributed by atoms with E-state index in [4.69, 9.17) is 0 Å². The standard InChI is InChI=1S/C20H17BrF2N2O2/c1-12-18(19(27)25(24-12)16-8-4-7-15(21)11-16)17(26)10-13-5-3-6-14(9-13)20(2,22)23/h3-9,11,18H,10H2,1-2H3. The van der Waals surface area contributed by atoms with E-state index in [1.807, 2.05) is 6.07 Å². The lowest BCUT2D eigenvalue weighted by Crippen LogP contribution is -2.33. The number of anilines is 1. The molecule has 0 aliphatic carbocycles. The number of carbonyl (C=O) groups is 2. The number of hydrogen-bond acceptors (Lipinski definition) is 3. The Kier molecular flexibility index (Phi) is 5.24. The summed E-state index contributed by atoms with van der Waals surface area (Å²) >= 11 is 3.34. The highest BCUT2D eigenvalue weighted by Gasteiger charge is 2.39. The molecule has 0 fully saturated rings. The Morgan fingerprint density at radius 1 is 1.22 bits per heavy atom. The molecule has 0 N–H and O–H groups in total. The monoisotopic (exact) mass is 434 g/mol. The van der Waals surface area contributed by atoms with Gasteiger partial charge in [-0.1, -0.05) is 40.2 Å². The SMILES string of the molecule is CC1=NN(c2cccc(Br)c2)C(=O)C1C(=O)Cc1cccc(C(C)(F)F)c1. The summed E-state index contributed by atoms with van der Waals surface area (Å²) in [6, 6.07) is 12.7. The second-order valence-corrected chi connectivity index (χ2v) is 7.45. The average molecular weight is 435 g/mol. The molecule has 1 unspecified atom stereocenters. The van der Waals surface area contributed by atoms with Crippen molar-refractivity contribution in [1.82, 2.24) is 0 Å². The second-order valence-electron chi connectivity index (χ2n) is 6.54. The second kappa shape index (κ2) is 7.31. The first-order valence-corrected chi connectivity index (χ1v) is 9.10. The molecule has 1 amide bonds. The van der Waals surface area contributed by atoms with Gasteiger partial charge >= 0.3 is 0 Å². The van der Waals surface area contributed by atoms with Gasteiger partial charge < -0.3 is 0 Å². The van der Waals surface area contributed by atoms with Crippen molar-refractivity contribution in [3.63, 3.8) is 0 Å². The van der Waals surface area contributed by atoms with E-state index in [0.717, 1.165) is 11.4 Å². The van der Waals surface area contributed by atoms with E-state index in [9.17, 15) is 18.4 Å². The van der Waals surface area contributed by atoms with Gasteiger partial charge in [-0.2, -0.15) is 10.1 Å². The van der Waals surface area contributed by atoms with Gasteiger partial charge in [0.2, 0.25) is 0 Å². The number of alkyl halides is 2. The van der Waals surface area contributed by atoms with Crippen molar-refractivity contribution < 1.29 is 18.4 Å². The van der Waals surface area contributed by atoms with Crippen molar-refractivity contribution in [1.29, 1.82) is 0 Å². The predicted octanol–water partition coefficient (Wildman–Crippen LogP) is 4.71.